The maximum absolute atomic E-state index is 13.4. The van der Waals surface area contributed by atoms with Crippen LogP contribution in [0.3, 0.4) is 0 Å². The lowest BCUT2D eigenvalue weighted by molar-refractivity contribution is 0.0775. The Labute approximate surface area is 115 Å². The van der Waals surface area contributed by atoms with Gasteiger partial charge in [0.1, 0.15) is 5.82 Å². The molecule has 0 aliphatic heterocycles. The molecule has 18 heavy (non-hydrogen) atoms. The minimum atomic E-state index is -0.482. The average molecular weight is 317 g/mol. The van der Waals surface area contributed by atoms with Gasteiger partial charge in [-0.1, -0.05) is 20.3 Å². The van der Waals surface area contributed by atoms with E-state index in [1.807, 2.05) is 0 Å². The van der Waals surface area contributed by atoms with Crippen molar-refractivity contribution in [2.45, 2.75) is 20.3 Å². The molecule has 2 N–H and O–H groups in total. The molecule has 0 fully saturated rings. The molecule has 1 aromatic carbocycles. The quantitative estimate of drug-likeness (QED) is 0.866. The third-order valence-corrected chi connectivity index (χ3v) is 3.56. The van der Waals surface area contributed by atoms with E-state index in [-0.39, 0.29) is 21.6 Å². The summed E-state index contributed by atoms with van der Waals surface area (Å²) >= 11 is 3.04. The zero-order chi connectivity index (χ0) is 13.9. The van der Waals surface area contributed by atoms with E-state index in [0.717, 1.165) is 6.42 Å². The van der Waals surface area contributed by atoms with E-state index in [2.05, 4.69) is 29.8 Å². The van der Waals surface area contributed by atoms with Gasteiger partial charge >= 0.3 is 0 Å². The van der Waals surface area contributed by atoms with Gasteiger partial charge in [-0.15, -0.1) is 0 Å². The van der Waals surface area contributed by atoms with Crippen molar-refractivity contribution in [3.63, 3.8) is 0 Å². The molecule has 0 bridgehead atoms. The monoisotopic (exact) mass is 316 g/mol. The van der Waals surface area contributed by atoms with Gasteiger partial charge in [-0.3, -0.25) is 4.79 Å². The Morgan fingerprint density at radius 2 is 2.17 bits per heavy atom. The molecule has 0 saturated carbocycles. The van der Waals surface area contributed by atoms with Gasteiger partial charge in [0.05, 0.1) is 10.0 Å². The van der Waals surface area contributed by atoms with Gasteiger partial charge < -0.3 is 10.6 Å². The number of hydrogen-bond donors (Lipinski definition) is 1. The largest absolute Gasteiger partial charge is 0.398 e. The Morgan fingerprint density at radius 1 is 1.56 bits per heavy atom. The molecule has 100 valence electrons. The Morgan fingerprint density at radius 3 is 2.72 bits per heavy atom. The highest BCUT2D eigenvalue weighted by Gasteiger charge is 2.18. The minimum Gasteiger partial charge on any atom is -0.398 e. The molecule has 0 spiro atoms. The smallest absolute Gasteiger partial charge is 0.255 e. The summed E-state index contributed by atoms with van der Waals surface area (Å²) in [6, 6.07) is 2.59. The molecule has 5 heteroatoms. The first kappa shape index (κ1) is 15.0. The molecule has 1 amide bonds. The number of amides is 1. The summed E-state index contributed by atoms with van der Waals surface area (Å²) in [5, 5.41) is 0. The fourth-order valence-electron chi connectivity index (χ4n) is 1.63. The fourth-order valence-corrected chi connectivity index (χ4v) is 1.99. The normalized spacial score (nSPS) is 12.3. The summed E-state index contributed by atoms with van der Waals surface area (Å²) in [5.41, 5.74) is 6.24. The van der Waals surface area contributed by atoms with Crippen LogP contribution in [-0.4, -0.2) is 24.4 Å². The van der Waals surface area contributed by atoms with Crippen molar-refractivity contribution in [2.75, 3.05) is 19.3 Å². The van der Waals surface area contributed by atoms with E-state index in [0.29, 0.717) is 12.5 Å². The van der Waals surface area contributed by atoms with Crippen LogP contribution >= 0.6 is 15.9 Å². The van der Waals surface area contributed by atoms with Gasteiger partial charge in [0.15, 0.2) is 0 Å². The second-order valence-electron chi connectivity index (χ2n) is 4.55. The number of carbonyl (C=O) groups is 1. The van der Waals surface area contributed by atoms with E-state index >= 15 is 0 Å². The van der Waals surface area contributed by atoms with Crippen LogP contribution in [0.2, 0.25) is 0 Å². The summed E-state index contributed by atoms with van der Waals surface area (Å²) < 4.78 is 13.7. The van der Waals surface area contributed by atoms with Crippen molar-refractivity contribution in [3.05, 3.63) is 28.0 Å². The highest BCUT2D eigenvalue weighted by Crippen LogP contribution is 2.23. The lowest BCUT2D eigenvalue weighted by Crippen LogP contribution is -2.31. The van der Waals surface area contributed by atoms with Crippen LogP contribution in [0.4, 0.5) is 10.1 Å². The van der Waals surface area contributed by atoms with Crippen LogP contribution in [0.25, 0.3) is 0 Å². The Kier molecular flexibility index (Phi) is 5.14. The summed E-state index contributed by atoms with van der Waals surface area (Å²) in [5.74, 6) is -0.329. The van der Waals surface area contributed by atoms with Gasteiger partial charge in [0.2, 0.25) is 0 Å². The van der Waals surface area contributed by atoms with Crippen LogP contribution in [0, 0.1) is 11.7 Å². The molecule has 1 aromatic rings. The number of rotatable bonds is 4. The van der Waals surface area contributed by atoms with E-state index in [1.54, 1.807) is 11.9 Å². The molecular formula is C13H18BrFN2O. The highest BCUT2D eigenvalue weighted by molar-refractivity contribution is 9.10. The van der Waals surface area contributed by atoms with Gasteiger partial charge in [-0.2, -0.15) is 0 Å². The molecule has 1 rings (SSSR count). The molecule has 0 saturated heterocycles. The predicted molar refractivity (Wildman–Crippen MR) is 74.9 cm³/mol. The van der Waals surface area contributed by atoms with Gasteiger partial charge in [0.25, 0.3) is 5.91 Å². The number of nitrogens with zero attached hydrogens (tertiary/aromatic N) is 1. The van der Waals surface area contributed by atoms with E-state index in [4.69, 9.17) is 5.73 Å². The third-order valence-electron chi connectivity index (χ3n) is 2.95. The second-order valence-corrected chi connectivity index (χ2v) is 5.41. The molecule has 0 radical (unpaired) electrons. The molecule has 3 nitrogen and oxygen atoms in total. The number of hydrogen-bond acceptors (Lipinski definition) is 2. The zero-order valence-electron chi connectivity index (χ0n) is 10.8. The highest BCUT2D eigenvalue weighted by atomic mass is 79.9. The maximum atomic E-state index is 13.4. The first-order valence-electron chi connectivity index (χ1n) is 5.86. The van der Waals surface area contributed by atoms with Crippen molar-refractivity contribution < 1.29 is 9.18 Å². The SMILES string of the molecule is CCC(C)CN(C)C(=O)c1cc(F)c(Br)cc1N. The summed E-state index contributed by atoms with van der Waals surface area (Å²) in [7, 11) is 1.70. The molecule has 0 aliphatic rings. The summed E-state index contributed by atoms with van der Waals surface area (Å²) in [6.07, 6.45) is 0.988. The van der Waals surface area contributed by atoms with Gasteiger partial charge in [-0.05, 0) is 34.0 Å². The lowest BCUT2D eigenvalue weighted by atomic mass is 10.1. The third kappa shape index (κ3) is 3.45. The fraction of sp³-hybridized carbons (Fsp3) is 0.462. The predicted octanol–water partition coefficient (Wildman–Crippen LogP) is 3.29. The van der Waals surface area contributed by atoms with Crippen LogP contribution in [-0.2, 0) is 0 Å². The van der Waals surface area contributed by atoms with Crippen molar-refractivity contribution in [1.82, 2.24) is 4.90 Å². The van der Waals surface area contributed by atoms with Gasteiger partial charge in [-0.25, -0.2) is 4.39 Å². The number of carbonyl (C=O) groups excluding carboxylic acids is 1. The Balaban J connectivity index is 2.93. The van der Waals surface area contributed by atoms with Gasteiger partial charge in [0, 0.05) is 19.3 Å². The standard InChI is InChI=1S/C13H18BrFN2O/c1-4-8(2)7-17(3)13(18)9-5-11(15)10(14)6-12(9)16/h5-6,8H,4,7,16H2,1-3H3. The summed E-state index contributed by atoms with van der Waals surface area (Å²) in [4.78, 5) is 13.7. The Hall–Kier alpha value is -1.10. The first-order chi connectivity index (χ1) is 8.36. The van der Waals surface area contributed by atoms with E-state index < -0.39 is 5.82 Å². The zero-order valence-corrected chi connectivity index (χ0v) is 12.4. The van der Waals surface area contributed by atoms with Crippen molar-refractivity contribution in [1.29, 1.82) is 0 Å². The summed E-state index contributed by atoms with van der Waals surface area (Å²) in [6.45, 7) is 4.76. The number of benzene rings is 1. The first-order valence-corrected chi connectivity index (χ1v) is 6.66. The van der Waals surface area contributed by atoms with Crippen LogP contribution < -0.4 is 5.73 Å². The molecule has 1 unspecified atom stereocenters. The molecular weight excluding hydrogens is 299 g/mol. The minimum absolute atomic E-state index is 0.210. The van der Waals surface area contributed by atoms with Crippen LogP contribution in [0.1, 0.15) is 30.6 Å². The lowest BCUT2D eigenvalue weighted by Gasteiger charge is -2.21. The maximum Gasteiger partial charge on any atom is 0.255 e. The number of anilines is 1. The van der Waals surface area contributed by atoms with E-state index in [1.165, 1.54) is 12.1 Å². The molecule has 0 aromatic heterocycles. The molecule has 0 aliphatic carbocycles. The average Bonchev–Trinajstić information content (AvgIpc) is 2.32. The second kappa shape index (κ2) is 6.18. The van der Waals surface area contributed by atoms with Crippen LogP contribution in [0.5, 0.6) is 0 Å². The van der Waals surface area contributed by atoms with Crippen molar-refractivity contribution in [3.8, 4) is 0 Å². The number of nitrogen functional groups attached to an aromatic ring is 1. The number of nitrogens with two attached hydrogens (primary N) is 1. The molecule has 1 atom stereocenters. The topological polar surface area (TPSA) is 46.3 Å². The van der Waals surface area contributed by atoms with E-state index in [9.17, 15) is 9.18 Å². The number of halogens is 2. The van der Waals surface area contributed by atoms with Crippen molar-refractivity contribution in [2.24, 2.45) is 5.92 Å². The van der Waals surface area contributed by atoms with Crippen LogP contribution in [0.15, 0.2) is 16.6 Å². The molecule has 0 heterocycles. The Bertz CT molecular complexity index is 451. The van der Waals surface area contributed by atoms with Crippen molar-refractivity contribution >= 4 is 27.5 Å².